The summed E-state index contributed by atoms with van der Waals surface area (Å²) < 4.78 is 0. The number of para-hydroxylation sites is 1. The fourth-order valence-corrected chi connectivity index (χ4v) is 3.62. The molecular formula is C17H24N2O2. The number of rotatable bonds is 4. The van der Waals surface area contributed by atoms with E-state index in [0.717, 1.165) is 31.4 Å². The van der Waals surface area contributed by atoms with Gasteiger partial charge in [0.05, 0.1) is 6.61 Å². The molecule has 3 rings (SSSR count). The fraction of sp³-hybridized carbons (Fsp3) is 0.588. The Kier molecular flexibility index (Phi) is 4.44. The van der Waals surface area contributed by atoms with E-state index in [2.05, 4.69) is 11.4 Å². The minimum absolute atomic E-state index is 0.0472. The summed E-state index contributed by atoms with van der Waals surface area (Å²) in [5.74, 6) is 0.158. The van der Waals surface area contributed by atoms with Gasteiger partial charge >= 0.3 is 0 Å². The summed E-state index contributed by atoms with van der Waals surface area (Å²) in [5, 5.41) is 12.7. The van der Waals surface area contributed by atoms with Gasteiger partial charge in [-0.05, 0) is 37.3 Å². The Bertz CT molecular complexity index is 497. The second kappa shape index (κ2) is 6.48. The van der Waals surface area contributed by atoms with Crippen molar-refractivity contribution in [1.29, 1.82) is 0 Å². The number of carbonyl (C=O) groups is 1. The summed E-state index contributed by atoms with van der Waals surface area (Å²) >= 11 is 0. The zero-order valence-corrected chi connectivity index (χ0v) is 12.4. The first-order chi connectivity index (χ1) is 10.3. The summed E-state index contributed by atoms with van der Waals surface area (Å²) in [6.07, 6.45) is 6.33. The third-order valence-corrected chi connectivity index (χ3v) is 4.74. The fourth-order valence-electron chi connectivity index (χ4n) is 3.62. The van der Waals surface area contributed by atoms with Gasteiger partial charge in [-0.25, -0.2) is 0 Å². The molecule has 1 aromatic rings. The lowest BCUT2D eigenvalue weighted by molar-refractivity contribution is -0.135. The minimum Gasteiger partial charge on any atom is -0.395 e. The lowest BCUT2D eigenvalue weighted by atomic mass is 9.97. The van der Waals surface area contributed by atoms with Gasteiger partial charge in [0.25, 0.3) is 0 Å². The second-order valence-corrected chi connectivity index (χ2v) is 6.09. The molecule has 0 aromatic heterocycles. The van der Waals surface area contributed by atoms with E-state index in [1.54, 1.807) is 0 Å². The largest absolute Gasteiger partial charge is 0.395 e. The number of benzene rings is 1. The summed E-state index contributed by atoms with van der Waals surface area (Å²) in [6, 6.07) is 8.38. The molecule has 1 amide bonds. The van der Waals surface area contributed by atoms with Crippen molar-refractivity contribution in [1.82, 2.24) is 4.90 Å². The van der Waals surface area contributed by atoms with Crippen LogP contribution in [0.4, 0.5) is 5.69 Å². The summed E-state index contributed by atoms with van der Waals surface area (Å²) in [7, 11) is 0. The Morgan fingerprint density at radius 1 is 1.24 bits per heavy atom. The Morgan fingerprint density at radius 3 is 2.76 bits per heavy atom. The van der Waals surface area contributed by atoms with Crippen LogP contribution in [0.1, 0.15) is 37.7 Å². The highest BCUT2D eigenvalue weighted by Crippen LogP contribution is 2.28. The summed E-state index contributed by atoms with van der Waals surface area (Å²) in [5.41, 5.74) is 2.37. The van der Waals surface area contributed by atoms with Crippen LogP contribution in [-0.4, -0.2) is 41.1 Å². The topological polar surface area (TPSA) is 52.6 Å². The zero-order valence-electron chi connectivity index (χ0n) is 12.4. The van der Waals surface area contributed by atoms with E-state index < -0.39 is 0 Å². The SMILES string of the molecule is O=C(C1CCc2ccccc2N1)N(CCO)C1CCCC1. The molecule has 1 heterocycles. The van der Waals surface area contributed by atoms with Crippen LogP contribution in [0.3, 0.4) is 0 Å². The van der Waals surface area contributed by atoms with E-state index >= 15 is 0 Å². The number of hydrogen-bond donors (Lipinski definition) is 2. The third kappa shape index (κ3) is 3.05. The van der Waals surface area contributed by atoms with Crippen molar-refractivity contribution in [2.45, 2.75) is 50.6 Å². The van der Waals surface area contributed by atoms with Crippen molar-refractivity contribution < 1.29 is 9.90 Å². The number of fused-ring (bicyclic) bond motifs is 1. The lowest BCUT2D eigenvalue weighted by Crippen LogP contribution is -2.49. The molecule has 1 saturated carbocycles. The Morgan fingerprint density at radius 2 is 2.00 bits per heavy atom. The molecule has 1 aliphatic heterocycles. The zero-order chi connectivity index (χ0) is 14.7. The lowest BCUT2D eigenvalue weighted by Gasteiger charge is -2.34. The number of anilines is 1. The molecule has 4 nitrogen and oxygen atoms in total. The van der Waals surface area contributed by atoms with Crippen LogP contribution in [0.2, 0.25) is 0 Å². The molecule has 1 unspecified atom stereocenters. The van der Waals surface area contributed by atoms with Crippen LogP contribution < -0.4 is 5.32 Å². The predicted octanol–water partition coefficient (Wildman–Crippen LogP) is 2.18. The van der Waals surface area contributed by atoms with Gasteiger partial charge in [0, 0.05) is 18.3 Å². The number of amides is 1. The Labute approximate surface area is 126 Å². The number of hydrogen-bond acceptors (Lipinski definition) is 3. The molecule has 0 radical (unpaired) electrons. The molecule has 0 spiro atoms. The average Bonchev–Trinajstić information content (AvgIpc) is 3.05. The average molecular weight is 288 g/mol. The summed E-state index contributed by atoms with van der Waals surface area (Å²) in [6.45, 7) is 0.509. The van der Waals surface area contributed by atoms with Crippen LogP contribution in [0.25, 0.3) is 0 Å². The number of aryl methyl sites for hydroxylation is 1. The molecule has 114 valence electrons. The van der Waals surface area contributed by atoms with Crippen molar-refractivity contribution in [3.63, 3.8) is 0 Å². The molecule has 4 heteroatoms. The van der Waals surface area contributed by atoms with Gasteiger partial charge in [0.15, 0.2) is 0 Å². The van der Waals surface area contributed by atoms with Crippen molar-refractivity contribution in [3.05, 3.63) is 29.8 Å². The highest BCUT2D eigenvalue weighted by molar-refractivity contribution is 5.86. The van der Waals surface area contributed by atoms with Crippen LogP contribution in [0, 0.1) is 0 Å². The van der Waals surface area contributed by atoms with Gasteiger partial charge in [-0.2, -0.15) is 0 Å². The van der Waals surface area contributed by atoms with E-state index in [1.807, 2.05) is 23.1 Å². The first kappa shape index (κ1) is 14.4. The minimum atomic E-state index is -0.146. The van der Waals surface area contributed by atoms with Gasteiger partial charge in [-0.1, -0.05) is 31.0 Å². The van der Waals surface area contributed by atoms with Crippen LogP contribution >= 0.6 is 0 Å². The monoisotopic (exact) mass is 288 g/mol. The Hall–Kier alpha value is -1.55. The Balaban J connectivity index is 1.71. The van der Waals surface area contributed by atoms with Crippen LogP contribution in [0.15, 0.2) is 24.3 Å². The number of nitrogens with one attached hydrogen (secondary N) is 1. The molecule has 2 aliphatic rings. The molecular weight excluding hydrogens is 264 g/mol. The summed E-state index contributed by atoms with van der Waals surface area (Å²) in [4.78, 5) is 14.8. The number of carbonyl (C=O) groups excluding carboxylic acids is 1. The second-order valence-electron chi connectivity index (χ2n) is 6.09. The van der Waals surface area contributed by atoms with E-state index in [4.69, 9.17) is 0 Å². The normalized spacial score (nSPS) is 21.7. The van der Waals surface area contributed by atoms with Gasteiger partial charge < -0.3 is 15.3 Å². The van der Waals surface area contributed by atoms with Crippen molar-refractivity contribution in [2.24, 2.45) is 0 Å². The number of nitrogens with zero attached hydrogens (tertiary/aromatic N) is 1. The van der Waals surface area contributed by atoms with Crippen molar-refractivity contribution >= 4 is 11.6 Å². The van der Waals surface area contributed by atoms with E-state index in [1.165, 1.54) is 18.4 Å². The molecule has 1 fully saturated rings. The molecule has 1 aromatic carbocycles. The molecule has 0 saturated heterocycles. The standard InChI is InChI=1S/C17H24N2O2/c20-12-11-19(14-6-2-3-7-14)17(21)16-10-9-13-5-1-4-8-15(13)18-16/h1,4-5,8,14,16,18,20H,2-3,6-7,9-12H2. The maximum atomic E-state index is 12.8. The molecule has 1 aliphatic carbocycles. The molecule has 0 bridgehead atoms. The molecule has 1 atom stereocenters. The highest BCUT2D eigenvalue weighted by Gasteiger charge is 2.32. The van der Waals surface area contributed by atoms with Gasteiger partial charge in [0.1, 0.15) is 6.04 Å². The molecule has 21 heavy (non-hydrogen) atoms. The number of aliphatic hydroxyl groups is 1. The first-order valence-corrected chi connectivity index (χ1v) is 8.05. The van der Waals surface area contributed by atoms with Gasteiger partial charge in [-0.15, -0.1) is 0 Å². The van der Waals surface area contributed by atoms with Crippen molar-refractivity contribution in [3.8, 4) is 0 Å². The van der Waals surface area contributed by atoms with E-state index in [-0.39, 0.29) is 18.6 Å². The maximum Gasteiger partial charge on any atom is 0.245 e. The smallest absolute Gasteiger partial charge is 0.245 e. The maximum absolute atomic E-state index is 12.8. The number of aliphatic hydroxyl groups excluding tert-OH is 1. The molecule has 2 N–H and O–H groups in total. The van der Waals surface area contributed by atoms with Crippen molar-refractivity contribution in [2.75, 3.05) is 18.5 Å². The third-order valence-electron chi connectivity index (χ3n) is 4.74. The van der Waals surface area contributed by atoms with Crippen LogP contribution in [0.5, 0.6) is 0 Å². The first-order valence-electron chi connectivity index (χ1n) is 8.05. The van der Waals surface area contributed by atoms with Crippen LogP contribution in [-0.2, 0) is 11.2 Å². The van der Waals surface area contributed by atoms with Gasteiger partial charge in [0.2, 0.25) is 5.91 Å². The quantitative estimate of drug-likeness (QED) is 0.893. The van der Waals surface area contributed by atoms with Gasteiger partial charge in [-0.3, -0.25) is 4.79 Å². The predicted molar refractivity (Wildman–Crippen MR) is 83.2 cm³/mol. The highest BCUT2D eigenvalue weighted by atomic mass is 16.3. The van der Waals surface area contributed by atoms with E-state index in [9.17, 15) is 9.90 Å². The van der Waals surface area contributed by atoms with E-state index in [0.29, 0.717) is 12.6 Å².